The second-order valence-corrected chi connectivity index (χ2v) is 7.93. The summed E-state index contributed by atoms with van der Waals surface area (Å²) in [6, 6.07) is 4.36. The lowest BCUT2D eigenvalue weighted by Gasteiger charge is -2.31. The van der Waals surface area contributed by atoms with Crippen molar-refractivity contribution in [3.8, 4) is 0 Å². The Morgan fingerprint density at radius 3 is 2.79 bits per heavy atom. The number of nitrogens with one attached hydrogen (secondary N) is 3. The Labute approximate surface area is 170 Å². The first kappa shape index (κ1) is 20.7. The molecule has 2 saturated heterocycles. The Kier molecular flexibility index (Phi) is 6.98. The van der Waals surface area contributed by atoms with E-state index in [9.17, 15) is 14.7 Å². The number of carbonyl (C=O) groups is 2. The van der Waals surface area contributed by atoms with Gasteiger partial charge in [-0.15, -0.1) is 0 Å². The van der Waals surface area contributed by atoms with E-state index < -0.39 is 12.1 Å². The van der Waals surface area contributed by atoms with E-state index in [-0.39, 0.29) is 12.6 Å². The largest absolute Gasteiger partial charge is 0.390 e. The van der Waals surface area contributed by atoms with Gasteiger partial charge in [0.05, 0.1) is 16.8 Å². The zero-order valence-corrected chi connectivity index (χ0v) is 16.8. The summed E-state index contributed by atoms with van der Waals surface area (Å²) in [6.07, 6.45) is 1.68. The zero-order valence-electron chi connectivity index (χ0n) is 16.1. The van der Waals surface area contributed by atoms with Crippen LogP contribution in [0.25, 0.3) is 0 Å². The standard InChI is InChI=1S/C19H28ClN5O3/c1-13-4-7-24(8-5-13)12-15(26)11-22-18(27)23-14-2-3-16(20)17(10-14)25-9-6-21-19(25)28/h2-3,10,13,15,26H,4-9,11-12H2,1H3,(H,21,28)(H2,22,23,27). The Morgan fingerprint density at radius 1 is 1.36 bits per heavy atom. The number of β-amino-alcohol motifs (C(OH)–C–C–N with tert-alkyl or cyclic N) is 1. The van der Waals surface area contributed by atoms with Gasteiger partial charge in [-0.25, -0.2) is 9.59 Å². The maximum absolute atomic E-state index is 12.2. The molecule has 0 bridgehead atoms. The summed E-state index contributed by atoms with van der Waals surface area (Å²) in [4.78, 5) is 27.8. The molecule has 9 heteroatoms. The van der Waals surface area contributed by atoms with Gasteiger partial charge in [-0.2, -0.15) is 0 Å². The molecule has 2 fully saturated rings. The summed E-state index contributed by atoms with van der Waals surface area (Å²) in [6.45, 7) is 6.04. The minimum atomic E-state index is -0.617. The topological polar surface area (TPSA) is 96.9 Å². The predicted octanol–water partition coefficient (Wildman–Crippen LogP) is 2.08. The molecule has 4 N–H and O–H groups in total. The molecule has 1 atom stereocenters. The molecule has 2 heterocycles. The molecule has 3 rings (SSSR count). The van der Waals surface area contributed by atoms with Crippen molar-refractivity contribution >= 4 is 35.0 Å². The highest BCUT2D eigenvalue weighted by Gasteiger charge is 2.24. The van der Waals surface area contributed by atoms with Crippen LogP contribution in [0.1, 0.15) is 19.8 Å². The Balaban J connectivity index is 1.47. The van der Waals surface area contributed by atoms with E-state index in [1.807, 2.05) is 0 Å². The number of piperidine rings is 1. The van der Waals surface area contributed by atoms with Gasteiger partial charge in [0.1, 0.15) is 0 Å². The first-order valence-electron chi connectivity index (χ1n) is 9.72. The summed E-state index contributed by atoms with van der Waals surface area (Å²) in [5.41, 5.74) is 1.07. The number of likely N-dealkylation sites (tertiary alicyclic amines) is 1. The highest BCUT2D eigenvalue weighted by atomic mass is 35.5. The van der Waals surface area contributed by atoms with Crippen LogP contribution in [0.2, 0.25) is 5.02 Å². The molecule has 0 saturated carbocycles. The van der Waals surface area contributed by atoms with Crippen LogP contribution in [-0.4, -0.2) is 67.4 Å². The second kappa shape index (κ2) is 9.45. The van der Waals surface area contributed by atoms with E-state index in [2.05, 4.69) is 27.8 Å². The molecule has 4 amide bonds. The van der Waals surface area contributed by atoms with Crippen LogP contribution < -0.4 is 20.9 Å². The Morgan fingerprint density at radius 2 is 2.11 bits per heavy atom. The Hall–Kier alpha value is -2.03. The first-order chi connectivity index (χ1) is 13.4. The van der Waals surface area contributed by atoms with Gasteiger partial charge < -0.3 is 26.0 Å². The second-order valence-electron chi connectivity index (χ2n) is 7.52. The number of aliphatic hydroxyl groups is 1. The maximum Gasteiger partial charge on any atom is 0.322 e. The number of halogens is 1. The van der Waals surface area contributed by atoms with Gasteiger partial charge in [-0.05, 0) is 50.0 Å². The number of amides is 4. The summed E-state index contributed by atoms with van der Waals surface area (Å²) in [7, 11) is 0. The number of aliphatic hydroxyl groups excluding tert-OH is 1. The average Bonchev–Trinajstić information content (AvgIpc) is 3.09. The highest BCUT2D eigenvalue weighted by molar-refractivity contribution is 6.34. The fourth-order valence-electron chi connectivity index (χ4n) is 3.49. The summed E-state index contributed by atoms with van der Waals surface area (Å²) >= 11 is 6.19. The highest BCUT2D eigenvalue weighted by Crippen LogP contribution is 2.30. The van der Waals surface area contributed by atoms with Crippen molar-refractivity contribution in [3.05, 3.63) is 23.2 Å². The van der Waals surface area contributed by atoms with Crippen molar-refractivity contribution < 1.29 is 14.7 Å². The lowest BCUT2D eigenvalue weighted by atomic mass is 9.99. The van der Waals surface area contributed by atoms with E-state index >= 15 is 0 Å². The van der Waals surface area contributed by atoms with Gasteiger partial charge in [-0.3, -0.25) is 4.90 Å². The minimum absolute atomic E-state index is 0.173. The molecule has 2 aliphatic heterocycles. The van der Waals surface area contributed by atoms with Crippen LogP contribution in [0.5, 0.6) is 0 Å². The number of rotatable bonds is 6. The molecule has 0 radical (unpaired) electrons. The number of anilines is 2. The normalized spacial score (nSPS) is 19.4. The molecule has 0 aromatic heterocycles. The van der Waals surface area contributed by atoms with Crippen LogP contribution in [0.15, 0.2) is 18.2 Å². The van der Waals surface area contributed by atoms with Crippen LogP contribution in [0.4, 0.5) is 21.0 Å². The quantitative estimate of drug-likeness (QED) is 0.578. The number of urea groups is 2. The van der Waals surface area contributed by atoms with Crippen LogP contribution >= 0.6 is 11.6 Å². The van der Waals surface area contributed by atoms with Crippen molar-refractivity contribution in [2.24, 2.45) is 5.92 Å². The molecule has 0 aliphatic carbocycles. The molecule has 8 nitrogen and oxygen atoms in total. The van der Waals surface area contributed by atoms with Gasteiger partial charge in [0, 0.05) is 31.9 Å². The third kappa shape index (κ3) is 5.50. The number of hydrogen-bond acceptors (Lipinski definition) is 4. The van der Waals surface area contributed by atoms with E-state index in [1.54, 1.807) is 18.2 Å². The van der Waals surface area contributed by atoms with Crippen molar-refractivity contribution in [3.63, 3.8) is 0 Å². The van der Waals surface area contributed by atoms with E-state index in [4.69, 9.17) is 11.6 Å². The minimum Gasteiger partial charge on any atom is -0.390 e. The molecule has 1 unspecified atom stereocenters. The lowest BCUT2D eigenvalue weighted by molar-refractivity contribution is 0.0924. The number of carbonyl (C=O) groups excluding carboxylic acids is 2. The SMILES string of the molecule is CC1CCN(CC(O)CNC(=O)Nc2ccc(Cl)c(N3CCNC3=O)c2)CC1. The van der Waals surface area contributed by atoms with Gasteiger partial charge in [0.25, 0.3) is 0 Å². The van der Waals surface area contributed by atoms with Crippen molar-refractivity contribution in [1.29, 1.82) is 0 Å². The van der Waals surface area contributed by atoms with Gasteiger partial charge in [0.15, 0.2) is 0 Å². The molecule has 154 valence electrons. The third-order valence-electron chi connectivity index (χ3n) is 5.20. The molecular formula is C19H28ClN5O3. The summed E-state index contributed by atoms with van der Waals surface area (Å²) in [5.74, 6) is 0.744. The Bertz CT molecular complexity index is 709. The lowest BCUT2D eigenvalue weighted by Crippen LogP contribution is -2.43. The van der Waals surface area contributed by atoms with Crippen LogP contribution in [0.3, 0.4) is 0 Å². The van der Waals surface area contributed by atoms with Crippen LogP contribution in [-0.2, 0) is 0 Å². The van der Waals surface area contributed by atoms with E-state index in [1.165, 1.54) is 4.90 Å². The number of hydrogen-bond donors (Lipinski definition) is 4. The summed E-state index contributed by atoms with van der Waals surface area (Å²) < 4.78 is 0. The summed E-state index contributed by atoms with van der Waals surface area (Å²) in [5, 5.41) is 18.8. The number of benzene rings is 1. The first-order valence-corrected chi connectivity index (χ1v) is 10.1. The molecule has 1 aromatic rings. The maximum atomic E-state index is 12.2. The van der Waals surface area contributed by atoms with Crippen molar-refractivity contribution in [1.82, 2.24) is 15.5 Å². The fraction of sp³-hybridized carbons (Fsp3) is 0.579. The van der Waals surface area contributed by atoms with E-state index in [0.717, 1.165) is 31.8 Å². The number of nitrogens with zero attached hydrogens (tertiary/aromatic N) is 2. The smallest absolute Gasteiger partial charge is 0.322 e. The van der Waals surface area contributed by atoms with Crippen molar-refractivity contribution in [2.75, 3.05) is 49.5 Å². The van der Waals surface area contributed by atoms with Crippen molar-refractivity contribution in [2.45, 2.75) is 25.9 Å². The van der Waals surface area contributed by atoms with Gasteiger partial charge in [-0.1, -0.05) is 18.5 Å². The van der Waals surface area contributed by atoms with Gasteiger partial charge >= 0.3 is 12.1 Å². The van der Waals surface area contributed by atoms with Crippen LogP contribution in [0, 0.1) is 5.92 Å². The third-order valence-corrected chi connectivity index (χ3v) is 5.51. The van der Waals surface area contributed by atoms with E-state index in [0.29, 0.717) is 36.0 Å². The average molecular weight is 410 g/mol. The molecule has 0 spiro atoms. The molecule has 2 aliphatic rings. The van der Waals surface area contributed by atoms with Gasteiger partial charge in [0.2, 0.25) is 0 Å². The predicted molar refractivity (Wildman–Crippen MR) is 110 cm³/mol. The fourth-order valence-corrected chi connectivity index (χ4v) is 3.71. The molecular weight excluding hydrogens is 382 g/mol. The molecule has 28 heavy (non-hydrogen) atoms. The monoisotopic (exact) mass is 409 g/mol. The zero-order chi connectivity index (χ0) is 20.1. The molecule has 1 aromatic carbocycles.